The molecule has 0 amide bonds. The Morgan fingerprint density at radius 3 is 2.68 bits per heavy atom. The second kappa shape index (κ2) is 7.90. The van der Waals surface area contributed by atoms with Gasteiger partial charge in [-0.05, 0) is 36.4 Å². The Labute approximate surface area is 173 Å². The summed E-state index contributed by atoms with van der Waals surface area (Å²) in [6.07, 6.45) is 0. The standard InChI is InChI=1S/C19H15ClN4O2S2/c1-23-17(10-24-14-4-2-3-5-16(14)28-19(24)26)21-22-18(23)27-11-15(25)12-6-8-13(20)9-7-12/h2-9H,10-11H2,1H3. The smallest absolute Gasteiger partial charge is 0.308 e. The van der Waals surface area contributed by atoms with Crippen molar-refractivity contribution in [1.82, 2.24) is 19.3 Å². The first-order valence-electron chi connectivity index (χ1n) is 8.41. The molecular formula is C19H15ClN4O2S2. The number of halogens is 1. The SMILES string of the molecule is Cn1c(Cn2c(=O)sc3ccccc32)nnc1SCC(=O)c1ccc(Cl)cc1. The zero-order valence-corrected chi connectivity index (χ0v) is 17.2. The summed E-state index contributed by atoms with van der Waals surface area (Å²) in [5.41, 5.74) is 1.49. The number of fused-ring (bicyclic) bond motifs is 1. The number of thiazole rings is 1. The minimum Gasteiger partial charge on any atom is -0.308 e. The summed E-state index contributed by atoms with van der Waals surface area (Å²) in [5.74, 6) is 0.896. The summed E-state index contributed by atoms with van der Waals surface area (Å²) < 4.78 is 4.45. The van der Waals surface area contributed by atoms with E-state index in [0.29, 0.717) is 28.1 Å². The van der Waals surface area contributed by atoms with Gasteiger partial charge in [0.05, 0.1) is 22.5 Å². The molecule has 0 N–H and O–H groups in total. The first-order valence-corrected chi connectivity index (χ1v) is 10.6. The van der Waals surface area contributed by atoms with Gasteiger partial charge in [0.1, 0.15) is 0 Å². The molecule has 0 aliphatic carbocycles. The number of rotatable bonds is 6. The van der Waals surface area contributed by atoms with Crippen molar-refractivity contribution in [2.45, 2.75) is 11.7 Å². The number of nitrogens with zero attached hydrogens (tertiary/aromatic N) is 4. The van der Waals surface area contributed by atoms with Gasteiger partial charge >= 0.3 is 4.87 Å². The predicted octanol–water partition coefficient (Wildman–Crippen LogP) is 3.87. The van der Waals surface area contributed by atoms with E-state index in [-0.39, 0.29) is 16.4 Å². The Kier molecular flexibility index (Phi) is 5.34. The van der Waals surface area contributed by atoms with Gasteiger partial charge in [0, 0.05) is 17.6 Å². The van der Waals surface area contributed by atoms with E-state index in [2.05, 4.69) is 10.2 Å². The molecule has 0 bridgehead atoms. The molecule has 2 aromatic heterocycles. The van der Waals surface area contributed by atoms with Gasteiger partial charge < -0.3 is 4.57 Å². The Morgan fingerprint density at radius 2 is 1.89 bits per heavy atom. The zero-order chi connectivity index (χ0) is 19.7. The van der Waals surface area contributed by atoms with Crippen LogP contribution in [0.2, 0.25) is 5.02 Å². The second-order valence-electron chi connectivity index (χ2n) is 6.10. The molecule has 0 saturated carbocycles. The first kappa shape index (κ1) is 18.9. The summed E-state index contributed by atoms with van der Waals surface area (Å²) in [6, 6.07) is 14.5. The highest BCUT2D eigenvalue weighted by Crippen LogP contribution is 2.21. The fourth-order valence-corrected chi connectivity index (χ4v) is 4.60. The van der Waals surface area contributed by atoms with Crippen LogP contribution in [0.1, 0.15) is 16.2 Å². The van der Waals surface area contributed by atoms with E-state index in [4.69, 9.17) is 11.6 Å². The Bertz CT molecular complexity index is 1210. The van der Waals surface area contributed by atoms with Crippen LogP contribution in [0, 0.1) is 0 Å². The molecule has 142 valence electrons. The highest BCUT2D eigenvalue weighted by atomic mass is 35.5. The molecule has 0 atom stereocenters. The number of benzene rings is 2. The lowest BCUT2D eigenvalue weighted by atomic mass is 10.1. The van der Waals surface area contributed by atoms with E-state index in [1.165, 1.54) is 23.1 Å². The maximum atomic E-state index is 12.3. The molecule has 6 nitrogen and oxygen atoms in total. The normalized spacial score (nSPS) is 11.2. The summed E-state index contributed by atoms with van der Waals surface area (Å²) in [4.78, 5) is 24.6. The summed E-state index contributed by atoms with van der Waals surface area (Å²) in [5, 5.41) is 9.61. The highest BCUT2D eigenvalue weighted by molar-refractivity contribution is 7.99. The Hall–Kier alpha value is -2.42. The molecule has 2 aromatic carbocycles. The average molecular weight is 431 g/mol. The number of hydrogen-bond donors (Lipinski definition) is 0. The quantitative estimate of drug-likeness (QED) is 0.343. The van der Waals surface area contributed by atoms with E-state index < -0.39 is 0 Å². The van der Waals surface area contributed by atoms with Crippen molar-refractivity contribution in [3.8, 4) is 0 Å². The molecule has 0 aliphatic rings. The number of thioether (sulfide) groups is 1. The maximum Gasteiger partial charge on any atom is 0.308 e. The average Bonchev–Trinajstić information content (AvgIpc) is 3.20. The van der Waals surface area contributed by atoms with Crippen LogP contribution >= 0.6 is 34.7 Å². The molecule has 4 aromatic rings. The van der Waals surface area contributed by atoms with Gasteiger partial charge in [-0.25, -0.2) is 0 Å². The Balaban J connectivity index is 1.50. The van der Waals surface area contributed by atoms with Crippen LogP contribution in [0.25, 0.3) is 10.2 Å². The maximum absolute atomic E-state index is 12.3. The van der Waals surface area contributed by atoms with E-state index in [9.17, 15) is 9.59 Å². The summed E-state index contributed by atoms with van der Waals surface area (Å²) in [7, 11) is 1.84. The van der Waals surface area contributed by atoms with Crippen molar-refractivity contribution in [1.29, 1.82) is 0 Å². The lowest BCUT2D eigenvalue weighted by Crippen LogP contribution is -2.16. The molecule has 9 heteroatoms. The van der Waals surface area contributed by atoms with Crippen molar-refractivity contribution in [3.63, 3.8) is 0 Å². The van der Waals surface area contributed by atoms with Crippen molar-refractivity contribution < 1.29 is 4.79 Å². The van der Waals surface area contributed by atoms with Crippen LogP contribution in [0.3, 0.4) is 0 Å². The van der Waals surface area contributed by atoms with Crippen LogP contribution < -0.4 is 4.87 Å². The number of carbonyl (C=O) groups is 1. The largest absolute Gasteiger partial charge is 0.308 e. The highest BCUT2D eigenvalue weighted by Gasteiger charge is 2.15. The van der Waals surface area contributed by atoms with Crippen LogP contribution in [-0.2, 0) is 13.6 Å². The van der Waals surface area contributed by atoms with Gasteiger partial charge in [0.25, 0.3) is 0 Å². The molecule has 0 fully saturated rings. The summed E-state index contributed by atoms with van der Waals surface area (Å²) in [6.45, 7) is 0.331. The van der Waals surface area contributed by atoms with Gasteiger partial charge in [-0.1, -0.05) is 46.8 Å². The number of aromatic nitrogens is 4. The van der Waals surface area contributed by atoms with Gasteiger partial charge in [-0.15, -0.1) is 10.2 Å². The number of Topliss-reactive ketones (excluding diaryl/α,β-unsaturated/α-hetero) is 1. The molecule has 0 saturated heterocycles. The van der Waals surface area contributed by atoms with E-state index in [1.807, 2.05) is 35.9 Å². The number of ketones is 1. The fraction of sp³-hybridized carbons (Fsp3) is 0.158. The molecular weight excluding hydrogens is 416 g/mol. The lowest BCUT2D eigenvalue weighted by Gasteiger charge is -2.05. The zero-order valence-electron chi connectivity index (χ0n) is 14.8. The van der Waals surface area contributed by atoms with E-state index in [0.717, 1.165) is 10.2 Å². The van der Waals surface area contributed by atoms with Crippen molar-refractivity contribution in [2.75, 3.05) is 5.75 Å². The summed E-state index contributed by atoms with van der Waals surface area (Å²) >= 11 is 8.39. The predicted molar refractivity (Wildman–Crippen MR) is 113 cm³/mol. The van der Waals surface area contributed by atoms with Crippen molar-refractivity contribution in [2.24, 2.45) is 7.05 Å². The lowest BCUT2D eigenvalue weighted by molar-refractivity contribution is 0.102. The van der Waals surface area contributed by atoms with Gasteiger partial charge in [-0.3, -0.25) is 14.2 Å². The topological polar surface area (TPSA) is 69.8 Å². The van der Waals surface area contributed by atoms with Gasteiger partial charge in [0.15, 0.2) is 16.8 Å². The van der Waals surface area contributed by atoms with E-state index in [1.54, 1.807) is 28.8 Å². The van der Waals surface area contributed by atoms with Crippen LogP contribution in [-0.4, -0.2) is 30.9 Å². The van der Waals surface area contributed by atoms with Gasteiger partial charge in [-0.2, -0.15) is 0 Å². The molecule has 0 spiro atoms. The van der Waals surface area contributed by atoms with E-state index >= 15 is 0 Å². The Morgan fingerprint density at radius 1 is 1.14 bits per heavy atom. The number of carbonyl (C=O) groups excluding carboxylic acids is 1. The monoisotopic (exact) mass is 430 g/mol. The third-order valence-corrected chi connectivity index (χ3v) is 6.53. The van der Waals surface area contributed by atoms with Crippen molar-refractivity contribution >= 4 is 50.7 Å². The second-order valence-corrected chi connectivity index (χ2v) is 8.47. The third kappa shape index (κ3) is 3.76. The molecule has 4 rings (SSSR count). The minimum absolute atomic E-state index is 0.00809. The molecule has 0 unspecified atom stereocenters. The van der Waals surface area contributed by atoms with Crippen LogP contribution in [0.5, 0.6) is 0 Å². The number of hydrogen-bond acceptors (Lipinski definition) is 6. The first-order chi connectivity index (χ1) is 13.5. The minimum atomic E-state index is -0.0312. The molecule has 28 heavy (non-hydrogen) atoms. The number of para-hydroxylation sites is 1. The van der Waals surface area contributed by atoms with Crippen molar-refractivity contribution in [3.05, 3.63) is 74.6 Å². The fourth-order valence-electron chi connectivity index (χ4n) is 2.76. The molecule has 0 radical (unpaired) electrons. The van der Waals surface area contributed by atoms with Crippen LogP contribution in [0.15, 0.2) is 58.5 Å². The van der Waals surface area contributed by atoms with Crippen LogP contribution in [0.4, 0.5) is 0 Å². The third-order valence-electron chi connectivity index (χ3n) is 4.30. The molecule has 2 heterocycles. The van der Waals surface area contributed by atoms with Gasteiger partial charge in [0.2, 0.25) is 0 Å². The molecule has 0 aliphatic heterocycles.